The van der Waals surface area contributed by atoms with Crippen molar-refractivity contribution >= 4 is 27.5 Å². The molecule has 0 bridgehead atoms. The Labute approximate surface area is 90.1 Å². The van der Waals surface area contributed by atoms with Crippen LogP contribution in [0.15, 0.2) is 29.3 Å². The summed E-state index contributed by atoms with van der Waals surface area (Å²) >= 11 is 8.96. The molecule has 1 aromatic carbocycles. The van der Waals surface area contributed by atoms with Crippen LogP contribution in [0.25, 0.3) is 0 Å². The average molecular weight is 263 g/mol. The minimum absolute atomic E-state index is 0.108. The lowest BCUT2D eigenvalue weighted by Crippen LogP contribution is -2.06. The normalized spacial score (nSPS) is 12.5. The van der Waals surface area contributed by atoms with Crippen molar-refractivity contribution in [3.05, 3.63) is 39.8 Å². The van der Waals surface area contributed by atoms with Crippen LogP contribution in [0.5, 0.6) is 5.75 Å². The SMILES string of the molecule is C=C[C@@H](N)c1cc(Cl)cc(Br)c1O. The van der Waals surface area contributed by atoms with Crippen molar-refractivity contribution in [1.29, 1.82) is 0 Å². The van der Waals surface area contributed by atoms with Gasteiger partial charge in [0.05, 0.1) is 10.5 Å². The van der Waals surface area contributed by atoms with Gasteiger partial charge in [0.15, 0.2) is 0 Å². The van der Waals surface area contributed by atoms with Gasteiger partial charge in [-0.25, -0.2) is 0 Å². The van der Waals surface area contributed by atoms with E-state index >= 15 is 0 Å². The van der Waals surface area contributed by atoms with Crippen molar-refractivity contribution in [3.63, 3.8) is 0 Å². The van der Waals surface area contributed by atoms with E-state index in [0.717, 1.165) is 0 Å². The second kappa shape index (κ2) is 4.13. The molecule has 0 aliphatic carbocycles. The summed E-state index contributed by atoms with van der Waals surface area (Å²) in [6.45, 7) is 3.54. The summed E-state index contributed by atoms with van der Waals surface area (Å²) in [4.78, 5) is 0. The third-order valence-corrected chi connectivity index (χ3v) is 2.49. The maximum Gasteiger partial charge on any atom is 0.134 e. The number of nitrogens with two attached hydrogens (primary N) is 1. The summed E-state index contributed by atoms with van der Waals surface area (Å²) in [5.74, 6) is 0.108. The third kappa shape index (κ3) is 2.24. The molecule has 4 heteroatoms. The van der Waals surface area contributed by atoms with Gasteiger partial charge in [-0.2, -0.15) is 0 Å². The fourth-order valence-corrected chi connectivity index (χ4v) is 1.80. The number of rotatable bonds is 2. The van der Waals surface area contributed by atoms with E-state index in [0.29, 0.717) is 15.1 Å². The van der Waals surface area contributed by atoms with Crippen LogP contribution in [-0.4, -0.2) is 5.11 Å². The summed E-state index contributed by atoms with van der Waals surface area (Å²) in [5, 5.41) is 10.1. The molecule has 70 valence electrons. The molecule has 1 rings (SSSR count). The number of phenols is 1. The Morgan fingerprint density at radius 3 is 2.77 bits per heavy atom. The van der Waals surface area contributed by atoms with Gasteiger partial charge in [-0.3, -0.25) is 0 Å². The molecular formula is C9H9BrClNO. The number of hydrogen-bond donors (Lipinski definition) is 2. The highest BCUT2D eigenvalue weighted by atomic mass is 79.9. The second-order valence-electron chi connectivity index (χ2n) is 2.59. The number of hydrogen-bond acceptors (Lipinski definition) is 2. The van der Waals surface area contributed by atoms with Gasteiger partial charge in [0.25, 0.3) is 0 Å². The molecule has 1 aromatic rings. The molecule has 3 N–H and O–H groups in total. The van der Waals surface area contributed by atoms with Gasteiger partial charge in [-0.05, 0) is 28.1 Å². The number of aromatic hydroxyl groups is 1. The standard InChI is InChI=1S/C9H9BrClNO/c1-2-8(12)6-3-5(11)4-7(10)9(6)13/h2-4,8,13H,1,12H2/t8-/m1/s1. The molecule has 0 saturated heterocycles. The van der Waals surface area contributed by atoms with Crippen LogP contribution in [0.4, 0.5) is 0 Å². The average Bonchev–Trinajstić information content (AvgIpc) is 2.10. The summed E-state index contributed by atoms with van der Waals surface area (Å²) in [6, 6.07) is 2.82. The predicted octanol–water partition coefficient (Wildman–Crippen LogP) is 2.99. The van der Waals surface area contributed by atoms with Crippen LogP contribution in [-0.2, 0) is 0 Å². The van der Waals surface area contributed by atoms with E-state index in [9.17, 15) is 5.11 Å². The van der Waals surface area contributed by atoms with Crippen molar-refractivity contribution < 1.29 is 5.11 Å². The van der Waals surface area contributed by atoms with E-state index in [2.05, 4.69) is 22.5 Å². The first-order valence-electron chi connectivity index (χ1n) is 3.62. The minimum Gasteiger partial charge on any atom is -0.506 e. The van der Waals surface area contributed by atoms with Crippen molar-refractivity contribution in [2.24, 2.45) is 5.73 Å². The van der Waals surface area contributed by atoms with E-state index in [1.54, 1.807) is 12.1 Å². The molecule has 0 aliphatic rings. The summed E-state index contributed by atoms with van der Waals surface area (Å²) < 4.78 is 0.535. The Kier molecular flexibility index (Phi) is 3.36. The van der Waals surface area contributed by atoms with Gasteiger partial charge >= 0.3 is 0 Å². The molecular weight excluding hydrogens is 253 g/mol. The van der Waals surface area contributed by atoms with Crippen molar-refractivity contribution in [3.8, 4) is 5.75 Å². The van der Waals surface area contributed by atoms with E-state index in [1.807, 2.05) is 0 Å². The Morgan fingerprint density at radius 1 is 1.62 bits per heavy atom. The van der Waals surface area contributed by atoms with Gasteiger partial charge in [-0.1, -0.05) is 17.7 Å². The lowest BCUT2D eigenvalue weighted by molar-refractivity contribution is 0.462. The molecule has 0 spiro atoms. The zero-order chi connectivity index (χ0) is 10.0. The topological polar surface area (TPSA) is 46.2 Å². The van der Waals surface area contributed by atoms with Crippen LogP contribution in [0.3, 0.4) is 0 Å². The highest BCUT2D eigenvalue weighted by molar-refractivity contribution is 9.10. The Balaban J connectivity index is 3.27. The van der Waals surface area contributed by atoms with Crippen LogP contribution >= 0.6 is 27.5 Å². The van der Waals surface area contributed by atoms with E-state index in [-0.39, 0.29) is 5.75 Å². The first-order valence-corrected chi connectivity index (χ1v) is 4.79. The molecule has 0 saturated carbocycles. The van der Waals surface area contributed by atoms with Crippen LogP contribution < -0.4 is 5.73 Å². The molecule has 13 heavy (non-hydrogen) atoms. The lowest BCUT2D eigenvalue weighted by atomic mass is 10.1. The van der Waals surface area contributed by atoms with Crippen LogP contribution in [0.1, 0.15) is 11.6 Å². The van der Waals surface area contributed by atoms with Gasteiger partial charge in [-0.15, -0.1) is 6.58 Å². The molecule has 0 heterocycles. The van der Waals surface area contributed by atoms with E-state index in [4.69, 9.17) is 17.3 Å². The molecule has 1 atom stereocenters. The van der Waals surface area contributed by atoms with Gasteiger partial charge in [0.2, 0.25) is 0 Å². The summed E-state index contributed by atoms with van der Waals surface area (Å²) in [7, 11) is 0. The first-order chi connectivity index (χ1) is 6.06. The van der Waals surface area contributed by atoms with Gasteiger partial charge in [0, 0.05) is 10.6 Å². The van der Waals surface area contributed by atoms with Crippen molar-refractivity contribution in [1.82, 2.24) is 0 Å². The zero-order valence-corrected chi connectivity index (χ0v) is 9.14. The first kappa shape index (κ1) is 10.6. The Morgan fingerprint density at radius 2 is 2.23 bits per heavy atom. The van der Waals surface area contributed by atoms with Gasteiger partial charge in [0.1, 0.15) is 5.75 Å². The molecule has 0 aliphatic heterocycles. The fourth-order valence-electron chi connectivity index (χ4n) is 0.967. The summed E-state index contributed by atoms with van der Waals surface area (Å²) in [5.41, 5.74) is 6.24. The van der Waals surface area contributed by atoms with Crippen LogP contribution in [0, 0.1) is 0 Å². The predicted molar refractivity (Wildman–Crippen MR) is 57.9 cm³/mol. The van der Waals surface area contributed by atoms with Crippen molar-refractivity contribution in [2.45, 2.75) is 6.04 Å². The minimum atomic E-state index is -0.407. The quantitative estimate of drug-likeness (QED) is 0.805. The number of halogens is 2. The fraction of sp³-hybridized carbons (Fsp3) is 0.111. The smallest absolute Gasteiger partial charge is 0.134 e. The van der Waals surface area contributed by atoms with Gasteiger partial charge < -0.3 is 10.8 Å². The number of benzene rings is 1. The third-order valence-electron chi connectivity index (χ3n) is 1.67. The molecule has 0 amide bonds. The van der Waals surface area contributed by atoms with Crippen LogP contribution in [0.2, 0.25) is 5.02 Å². The lowest BCUT2D eigenvalue weighted by Gasteiger charge is -2.10. The molecule has 0 radical (unpaired) electrons. The Bertz CT molecular complexity index is 341. The van der Waals surface area contributed by atoms with E-state index < -0.39 is 6.04 Å². The maximum absolute atomic E-state index is 9.59. The van der Waals surface area contributed by atoms with E-state index in [1.165, 1.54) is 6.08 Å². The zero-order valence-electron chi connectivity index (χ0n) is 6.80. The van der Waals surface area contributed by atoms with Crippen molar-refractivity contribution in [2.75, 3.05) is 0 Å². The highest BCUT2D eigenvalue weighted by Gasteiger charge is 2.11. The molecule has 0 aromatic heterocycles. The second-order valence-corrected chi connectivity index (χ2v) is 3.88. The molecule has 2 nitrogen and oxygen atoms in total. The largest absolute Gasteiger partial charge is 0.506 e. The molecule has 0 unspecified atom stereocenters. The monoisotopic (exact) mass is 261 g/mol. The maximum atomic E-state index is 9.59. The molecule has 0 fully saturated rings. The summed E-state index contributed by atoms with van der Waals surface area (Å²) in [6.07, 6.45) is 1.54. The highest BCUT2D eigenvalue weighted by Crippen LogP contribution is 2.34. The Hall–Kier alpha value is -0.510. The number of phenolic OH excluding ortho intramolecular Hbond substituents is 1.